The Bertz CT molecular complexity index is 904. The summed E-state index contributed by atoms with van der Waals surface area (Å²) in [5, 5.41) is 11.2. The van der Waals surface area contributed by atoms with E-state index in [2.05, 4.69) is 0 Å². The highest BCUT2D eigenvalue weighted by atomic mass is 16.6. The van der Waals surface area contributed by atoms with Gasteiger partial charge in [-0.05, 0) is 66.2 Å². The van der Waals surface area contributed by atoms with Gasteiger partial charge in [0.1, 0.15) is 17.1 Å². The number of Topliss-reactive ketones (excluding diaryl/α,β-unsaturated/α-hetero) is 1. The molecule has 1 N–H and O–H groups in total. The van der Waals surface area contributed by atoms with Crippen LogP contribution in [0.1, 0.15) is 66.4 Å². The molecule has 1 aromatic carbocycles. The summed E-state index contributed by atoms with van der Waals surface area (Å²) in [5.41, 5.74) is -2.97. The zero-order valence-electron chi connectivity index (χ0n) is 21.0. The van der Waals surface area contributed by atoms with E-state index in [9.17, 15) is 19.5 Å². The second kappa shape index (κ2) is 9.33. The lowest BCUT2D eigenvalue weighted by Gasteiger charge is -2.44. The molecule has 0 spiro atoms. The van der Waals surface area contributed by atoms with Gasteiger partial charge >= 0.3 is 11.9 Å². The normalized spacial score (nSPS) is 25.9. The number of benzene rings is 1. The third-order valence-electron chi connectivity index (χ3n) is 5.38. The molecule has 1 aliphatic carbocycles. The van der Waals surface area contributed by atoms with Crippen LogP contribution in [0, 0.1) is 11.8 Å². The van der Waals surface area contributed by atoms with Gasteiger partial charge in [-0.2, -0.15) is 0 Å². The molecule has 4 atom stereocenters. The molecule has 0 aliphatic heterocycles. The molecule has 1 aliphatic rings. The Hall–Kier alpha value is -2.61. The van der Waals surface area contributed by atoms with Crippen molar-refractivity contribution in [1.82, 2.24) is 0 Å². The minimum atomic E-state index is -1.74. The van der Waals surface area contributed by atoms with Gasteiger partial charge in [-0.15, -0.1) is 0 Å². The van der Waals surface area contributed by atoms with E-state index in [1.165, 1.54) is 21.1 Å². The molecule has 0 bridgehead atoms. The van der Waals surface area contributed by atoms with Gasteiger partial charge in [0.05, 0.1) is 25.7 Å². The van der Waals surface area contributed by atoms with E-state index in [-0.39, 0.29) is 6.42 Å². The summed E-state index contributed by atoms with van der Waals surface area (Å²) in [4.78, 5) is 39.7. The fourth-order valence-corrected chi connectivity index (χ4v) is 4.21. The summed E-state index contributed by atoms with van der Waals surface area (Å²) in [5.74, 6) is -4.70. The summed E-state index contributed by atoms with van der Waals surface area (Å²) in [6.45, 7) is 11.7. The topological polar surface area (TPSA) is 108 Å². The van der Waals surface area contributed by atoms with Crippen molar-refractivity contribution in [2.75, 3.05) is 14.2 Å². The number of hydrogen-bond acceptors (Lipinski definition) is 8. The van der Waals surface area contributed by atoms with Gasteiger partial charge in [0.2, 0.25) is 0 Å². The fraction of sp³-hybridized carbons (Fsp3) is 0.640. The molecule has 0 amide bonds. The molecule has 0 saturated heterocycles. The van der Waals surface area contributed by atoms with Crippen LogP contribution >= 0.6 is 0 Å². The van der Waals surface area contributed by atoms with E-state index in [1.807, 2.05) is 0 Å². The van der Waals surface area contributed by atoms with Crippen molar-refractivity contribution < 1.29 is 38.4 Å². The average molecular weight is 465 g/mol. The van der Waals surface area contributed by atoms with E-state index in [1.54, 1.807) is 59.7 Å². The summed E-state index contributed by atoms with van der Waals surface area (Å²) < 4.78 is 21.9. The molecule has 1 fully saturated rings. The largest absolute Gasteiger partial charge is 0.493 e. The van der Waals surface area contributed by atoms with Gasteiger partial charge in [-0.3, -0.25) is 14.4 Å². The van der Waals surface area contributed by atoms with Crippen LogP contribution in [0.4, 0.5) is 0 Å². The second-order valence-corrected chi connectivity index (χ2v) is 10.7. The minimum Gasteiger partial charge on any atom is -0.493 e. The molecule has 0 aromatic heterocycles. The summed E-state index contributed by atoms with van der Waals surface area (Å²) >= 11 is 0. The number of ketones is 1. The molecule has 1 aromatic rings. The lowest BCUT2D eigenvalue weighted by atomic mass is 9.61. The Morgan fingerprint density at radius 2 is 1.45 bits per heavy atom. The van der Waals surface area contributed by atoms with Crippen LogP contribution in [0.5, 0.6) is 11.5 Å². The van der Waals surface area contributed by atoms with Crippen LogP contribution in [0.25, 0.3) is 0 Å². The highest BCUT2D eigenvalue weighted by Crippen LogP contribution is 2.48. The third-order valence-corrected chi connectivity index (χ3v) is 5.38. The van der Waals surface area contributed by atoms with Gasteiger partial charge in [-0.1, -0.05) is 6.07 Å². The Morgan fingerprint density at radius 3 is 1.94 bits per heavy atom. The number of hydrogen-bond donors (Lipinski definition) is 1. The van der Waals surface area contributed by atoms with Crippen LogP contribution in [0.3, 0.4) is 0 Å². The van der Waals surface area contributed by atoms with Crippen LogP contribution in [-0.2, 0) is 23.9 Å². The highest BCUT2D eigenvalue weighted by molar-refractivity contribution is 6.03. The molecule has 2 rings (SSSR count). The summed E-state index contributed by atoms with van der Waals surface area (Å²) in [7, 11) is 2.94. The zero-order chi connectivity index (χ0) is 25.4. The number of carbonyl (C=O) groups excluding carboxylic acids is 3. The number of ether oxygens (including phenoxy) is 4. The van der Waals surface area contributed by atoms with Crippen molar-refractivity contribution in [2.45, 2.75) is 77.6 Å². The molecule has 0 heterocycles. The summed E-state index contributed by atoms with van der Waals surface area (Å²) in [6.07, 6.45) is -0.384. The van der Waals surface area contributed by atoms with Crippen molar-refractivity contribution in [3.63, 3.8) is 0 Å². The van der Waals surface area contributed by atoms with Gasteiger partial charge in [0.15, 0.2) is 17.3 Å². The van der Waals surface area contributed by atoms with E-state index < -0.39 is 52.3 Å². The predicted molar refractivity (Wildman–Crippen MR) is 121 cm³/mol. The predicted octanol–water partition coefficient (Wildman–Crippen LogP) is 3.43. The minimum absolute atomic E-state index is 0.360. The first-order valence-electron chi connectivity index (χ1n) is 10.9. The number of carbonyl (C=O) groups is 3. The Labute approximate surface area is 195 Å². The SMILES string of the molecule is COc1ccc(C2C(C(=O)OC(C)(C)C)C(=O)CC(C)(O)C2C(=O)OC(C)(C)C)cc1OC. The lowest BCUT2D eigenvalue weighted by Crippen LogP contribution is -2.56. The van der Waals surface area contributed by atoms with Gasteiger partial charge < -0.3 is 24.1 Å². The molecular weight excluding hydrogens is 428 g/mol. The van der Waals surface area contributed by atoms with E-state index >= 15 is 0 Å². The maximum Gasteiger partial charge on any atom is 0.317 e. The number of esters is 2. The van der Waals surface area contributed by atoms with Gasteiger partial charge in [0.25, 0.3) is 0 Å². The Kier molecular flexibility index (Phi) is 7.53. The van der Waals surface area contributed by atoms with Crippen molar-refractivity contribution in [3.05, 3.63) is 23.8 Å². The Balaban J connectivity index is 2.72. The molecule has 8 nitrogen and oxygen atoms in total. The first kappa shape index (κ1) is 26.6. The molecule has 1 saturated carbocycles. The second-order valence-electron chi connectivity index (χ2n) is 10.7. The van der Waals surface area contributed by atoms with Crippen molar-refractivity contribution in [3.8, 4) is 11.5 Å². The van der Waals surface area contributed by atoms with E-state index in [4.69, 9.17) is 18.9 Å². The van der Waals surface area contributed by atoms with Gasteiger partial charge in [-0.25, -0.2) is 0 Å². The Morgan fingerprint density at radius 1 is 0.939 bits per heavy atom. The average Bonchev–Trinajstić information content (AvgIpc) is 2.62. The molecule has 184 valence electrons. The van der Waals surface area contributed by atoms with Gasteiger partial charge in [0, 0.05) is 12.3 Å². The quantitative estimate of drug-likeness (QED) is 0.522. The maximum atomic E-state index is 13.3. The zero-order valence-corrected chi connectivity index (χ0v) is 21.0. The molecule has 0 radical (unpaired) electrons. The molecule has 33 heavy (non-hydrogen) atoms. The number of methoxy groups -OCH3 is 2. The smallest absolute Gasteiger partial charge is 0.317 e. The van der Waals surface area contributed by atoms with E-state index in [0.29, 0.717) is 17.1 Å². The number of aliphatic hydroxyl groups is 1. The summed E-state index contributed by atoms with van der Waals surface area (Å²) in [6, 6.07) is 4.88. The monoisotopic (exact) mass is 464 g/mol. The van der Waals surface area contributed by atoms with E-state index in [0.717, 1.165) is 0 Å². The first-order valence-corrected chi connectivity index (χ1v) is 10.9. The third kappa shape index (κ3) is 6.25. The fourth-order valence-electron chi connectivity index (χ4n) is 4.21. The van der Waals surface area contributed by atoms with Crippen LogP contribution in [-0.4, -0.2) is 53.9 Å². The highest BCUT2D eigenvalue weighted by Gasteiger charge is 2.58. The molecule has 8 heteroatoms. The van der Waals surface area contributed by atoms with Crippen molar-refractivity contribution in [1.29, 1.82) is 0 Å². The van der Waals surface area contributed by atoms with Crippen LogP contribution in [0.2, 0.25) is 0 Å². The standard InChI is InChI=1S/C25H36O8/c1-23(2,3)32-21(27)19-15(26)13-25(7,29)20(22(28)33-24(4,5)6)18(19)14-10-11-16(30-8)17(12-14)31-9/h10-12,18-20,29H,13H2,1-9H3. The maximum absolute atomic E-state index is 13.3. The first-order chi connectivity index (χ1) is 15.0. The number of rotatable bonds is 5. The van der Waals surface area contributed by atoms with Crippen molar-refractivity contribution in [2.24, 2.45) is 11.8 Å². The van der Waals surface area contributed by atoms with Crippen LogP contribution in [0.15, 0.2) is 18.2 Å². The lowest BCUT2D eigenvalue weighted by molar-refractivity contribution is -0.182. The molecule has 4 unspecified atom stereocenters. The van der Waals surface area contributed by atoms with Crippen molar-refractivity contribution >= 4 is 17.7 Å². The van der Waals surface area contributed by atoms with Crippen LogP contribution < -0.4 is 9.47 Å². The molecular formula is C25H36O8.